The van der Waals surface area contributed by atoms with E-state index in [0.717, 1.165) is 18.2 Å². The maximum absolute atomic E-state index is 13.0. The van der Waals surface area contributed by atoms with E-state index in [9.17, 15) is 13.6 Å². The van der Waals surface area contributed by atoms with Crippen molar-refractivity contribution in [3.05, 3.63) is 35.4 Å². The van der Waals surface area contributed by atoms with Gasteiger partial charge in [0, 0.05) is 19.2 Å². The molecule has 0 radical (unpaired) electrons. The highest BCUT2D eigenvalue weighted by Crippen LogP contribution is 2.26. The molecule has 0 bridgehead atoms. The topological polar surface area (TPSA) is 58.9 Å². The number of halogens is 2. The predicted molar refractivity (Wildman–Crippen MR) is 64.6 cm³/mol. The summed E-state index contributed by atoms with van der Waals surface area (Å²) >= 11 is 0. The summed E-state index contributed by atoms with van der Waals surface area (Å²) in [6.45, 7) is 1.51. The van der Waals surface area contributed by atoms with Crippen molar-refractivity contribution in [1.29, 1.82) is 1.43 Å². The van der Waals surface area contributed by atoms with Crippen LogP contribution in [0.1, 0.15) is 5.56 Å². The molecule has 1 atom stereocenters. The highest BCUT2D eigenvalue weighted by atomic mass is 31.2. The third kappa shape index (κ3) is 4.47. The van der Waals surface area contributed by atoms with E-state index >= 15 is 0 Å². The van der Waals surface area contributed by atoms with Crippen molar-refractivity contribution in [1.82, 2.24) is 0 Å². The first-order valence-corrected chi connectivity index (χ1v) is 6.60. The summed E-state index contributed by atoms with van der Waals surface area (Å²) < 4.78 is 41.2. The quantitative estimate of drug-likeness (QED) is 0.509. The summed E-state index contributed by atoms with van der Waals surface area (Å²) in [7, 11) is -0.331. The zero-order valence-corrected chi connectivity index (χ0v) is 10.7. The Hall–Kier alpha value is -1.39. The van der Waals surface area contributed by atoms with Gasteiger partial charge in [-0.1, -0.05) is 0 Å². The molecular formula is C11H12F2NO3P. The normalized spacial score (nSPS) is 14.0. The molecular weight excluding hydrogens is 263 g/mol. The fourth-order valence-electron chi connectivity index (χ4n) is 1.34. The smallest absolute Gasteiger partial charge is 0.352 e. The Morgan fingerprint density at radius 1 is 1.50 bits per heavy atom. The van der Waals surface area contributed by atoms with Crippen LogP contribution in [0.2, 0.25) is 0 Å². The van der Waals surface area contributed by atoms with Gasteiger partial charge in [0.15, 0.2) is 0 Å². The fraction of sp³-hybridized carbons (Fsp3) is 0.273. The third-order valence-corrected chi connectivity index (χ3v) is 2.50. The van der Waals surface area contributed by atoms with E-state index in [1.165, 1.54) is 13.8 Å². The van der Waals surface area contributed by atoms with Crippen molar-refractivity contribution in [2.24, 2.45) is 4.76 Å². The molecule has 1 N–H and O–H groups in total. The molecule has 1 aromatic carbocycles. The number of carbonyl (C=O) groups excluding carboxylic acids is 1. The van der Waals surface area contributed by atoms with Gasteiger partial charge in [0.25, 0.3) is 0 Å². The summed E-state index contributed by atoms with van der Waals surface area (Å²) in [4.78, 5) is 15.7. The van der Waals surface area contributed by atoms with E-state index in [4.69, 9.17) is 1.43 Å². The standard InChI is InChI=1S/C11H12F2NO3P/c1-17-11(15)10(14-18(2)16)5-7-3-8(12)6-9(13)4-7/h3-4,6,16H,5H2,1-2H3/i16T. The van der Waals surface area contributed by atoms with Crippen molar-refractivity contribution in [3.8, 4) is 0 Å². The average molecular weight is 277 g/mol. The first kappa shape index (κ1) is 13.1. The van der Waals surface area contributed by atoms with Gasteiger partial charge in [-0.05, 0) is 17.7 Å². The second-order valence-corrected chi connectivity index (χ2v) is 4.59. The molecule has 1 rings (SSSR count). The number of benzene rings is 1. The molecule has 0 aliphatic carbocycles. The lowest BCUT2D eigenvalue weighted by atomic mass is 10.1. The van der Waals surface area contributed by atoms with Gasteiger partial charge < -0.3 is 9.63 Å². The molecule has 0 saturated heterocycles. The van der Waals surface area contributed by atoms with Gasteiger partial charge in [-0.2, -0.15) is 0 Å². The molecule has 0 spiro atoms. The third-order valence-electron chi connectivity index (χ3n) is 1.98. The molecule has 0 aliphatic rings. The van der Waals surface area contributed by atoms with Crippen LogP contribution in [0, 0.1) is 11.6 Å². The largest absolute Gasteiger partial charge is 0.465 e. The highest BCUT2D eigenvalue weighted by molar-refractivity contribution is 7.49. The maximum atomic E-state index is 13.0. The Balaban J connectivity index is 3.00. The maximum Gasteiger partial charge on any atom is 0.352 e. The average Bonchev–Trinajstić information content (AvgIpc) is 2.35. The fourth-order valence-corrected chi connectivity index (χ4v) is 1.83. The van der Waals surface area contributed by atoms with Crippen LogP contribution in [0.5, 0.6) is 0 Å². The number of nitrogens with zero attached hydrogens (tertiary/aromatic N) is 1. The Kier molecular flexibility index (Phi) is 4.73. The number of esters is 1. The summed E-state index contributed by atoms with van der Waals surface area (Å²) in [5.41, 5.74) is 0.198. The molecule has 18 heavy (non-hydrogen) atoms. The van der Waals surface area contributed by atoms with Crippen molar-refractivity contribution in [3.63, 3.8) is 0 Å². The summed E-state index contributed by atoms with van der Waals surface area (Å²) in [6.07, 6.45) is -0.0998. The molecule has 0 amide bonds. The number of carbonyl (C=O) groups is 1. The van der Waals surface area contributed by atoms with Crippen LogP contribution in [-0.4, -0.2) is 31.8 Å². The Labute approximate surface area is 106 Å². The van der Waals surface area contributed by atoms with Gasteiger partial charge in [-0.3, -0.25) is 0 Å². The van der Waals surface area contributed by atoms with E-state index in [0.29, 0.717) is 0 Å². The minimum absolute atomic E-state index is 0.0478. The number of hydrogen-bond donors (Lipinski definition) is 1. The minimum atomic E-state index is -1.50. The Bertz CT molecular complexity index is 479. The van der Waals surface area contributed by atoms with Crippen LogP contribution in [0.3, 0.4) is 0 Å². The lowest BCUT2D eigenvalue weighted by Gasteiger charge is -2.06. The Morgan fingerprint density at radius 3 is 2.61 bits per heavy atom. The predicted octanol–water partition coefficient (Wildman–Crippen LogP) is 2.06. The Morgan fingerprint density at radius 2 is 2.11 bits per heavy atom. The van der Waals surface area contributed by atoms with Crippen LogP contribution in [0.25, 0.3) is 0 Å². The molecule has 0 aliphatic heterocycles. The molecule has 0 fully saturated rings. The lowest BCUT2D eigenvalue weighted by Crippen LogP contribution is -2.18. The van der Waals surface area contributed by atoms with Crippen LogP contribution in [0.4, 0.5) is 8.78 Å². The summed E-state index contributed by atoms with van der Waals surface area (Å²) in [5.74, 6) is -2.21. The molecule has 7 heteroatoms. The van der Waals surface area contributed by atoms with Crippen LogP contribution in [0.15, 0.2) is 23.0 Å². The van der Waals surface area contributed by atoms with E-state index in [1.807, 2.05) is 0 Å². The van der Waals surface area contributed by atoms with E-state index in [1.54, 1.807) is 0 Å². The van der Waals surface area contributed by atoms with Crippen molar-refractivity contribution >= 4 is 20.0 Å². The molecule has 0 heterocycles. The van der Waals surface area contributed by atoms with Crippen molar-refractivity contribution in [2.45, 2.75) is 6.42 Å². The van der Waals surface area contributed by atoms with Gasteiger partial charge in [0.05, 0.1) is 7.11 Å². The number of methoxy groups -OCH3 is 1. The van der Waals surface area contributed by atoms with Crippen molar-refractivity contribution < 1.29 is 23.2 Å². The van der Waals surface area contributed by atoms with Gasteiger partial charge in [0.2, 0.25) is 1.43 Å². The van der Waals surface area contributed by atoms with E-state index in [-0.39, 0.29) is 17.7 Å². The molecule has 0 aromatic heterocycles. The highest BCUT2D eigenvalue weighted by Gasteiger charge is 2.15. The van der Waals surface area contributed by atoms with E-state index in [2.05, 4.69) is 14.4 Å². The van der Waals surface area contributed by atoms with Gasteiger partial charge in [-0.15, -0.1) is 0 Å². The van der Waals surface area contributed by atoms with Gasteiger partial charge >= 0.3 is 5.97 Å². The second-order valence-electron chi connectivity index (χ2n) is 3.46. The minimum Gasteiger partial charge on any atom is -0.465 e. The first-order valence-electron chi connectivity index (χ1n) is 5.35. The molecule has 98 valence electrons. The monoisotopic (exact) mass is 277 g/mol. The van der Waals surface area contributed by atoms with E-state index < -0.39 is 25.9 Å². The lowest BCUT2D eigenvalue weighted by molar-refractivity contribution is -0.132. The molecule has 1 unspecified atom stereocenters. The number of hydrogen-bond acceptors (Lipinski definition) is 4. The zero-order chi connectivity index (χ0) is 14.4. The zero-order valence-electron chi connectivity index (χ0n) is 10.8. The summed E-state index contributed by atoms with van der Waals surface area (Å²) in [6, 6.07) is 2.93. The molecule has 4 nitrogen and oxygen atoms in total. The molecule has 1 aromatic rings. The first-order chi connectivity index (χ1) is 8.96. The van der Waals surface area contributed by atoms with Crippen molar-refractivity contribution in [2.75, 3.05) is 13.8 Å². The number of ether oxygens (including phenoxy) is 1. The van der Waals surface area contributed by atoms with Crippen LogP contribution < -0.4 is 0 Å². The second kappa shape index (κ2) is 6.52. The molecule has 0 saturated carbocycles. The van der Waals surface area contributed by atoms with Crippen LogP contribution >= 0.6 is 8.30 Å². The summed E-state index contributed by atoms with van der Waals surface area (Å²) in [5, 5.41) is 0. The van der Waals surface area contributed by atoms with Crippen LogP contribution in [-0.2, 0) is 16.0 Å². The van der Waals surface area contributed by atoms with Gasteiger partial charge in [0.1, 0.15) is 25.6 Å². The number of rotatable bonds is 5. The SMILES string of the molecule is [3H]OP(C)N=C(Cc1cc(F)cc(F)c1)C(=O)OC. The van der Waals surface area contributed by atoms with Gasteiger partial charge in [-0.25, -0.2) is 18.3 Å².